The van der Waals surface area contributed by atoms with Crippen LogP contribution in [0, 0.1) is 17.5 Å². The second kappa shape index (κ2) is 8.01. The lowest BCUT2D eigenvalue weighted by Gasteiger charge is -2.12. The van der Waals surface area contributed by atoms with Crippen molar-refractivity contribution in [1.29, 1.82) is 0 Å². The largest absolute Gasteiger partial charge is 0.382 e. The first kappa shape index (κ1) is 19.2. The van der Waals surface area contributed by atoms with Gasteiger partial charge in [-0.2, -0.15) is 0 Å². The van der Waals surface area contributed by atoms with Crippen LogP contribution in [0.25, 0.3) is 10.2 Å². The third-order valence-corrected chi connectivity index (χ3v) is 5.48. The number of nitrogens with two attached hydrogens (primary N) is 1. The van der Waals surface area contributed by atoms with Gasteiger partial charge in [0, 0.05) is 17.2 Å². The lowest BCUT2D eigenvalue weighted by Crippen LogP contribution is -2.15. The van der Waals surface area contributed by atoms with Gasteiger partial charge in [-0.05, 0) is 6.42 Å². The van der Waals surface area contributed by atoms with Crippen LogP contribution in [0.5, 0.6) is 0 Å². The molecule has 0 radical (unpaired) electrons. The topological polar surface area (TPSA) is 92.9 Å². The Morgan fingerprint density at radius 1 is 1.30 bits per heavy atom. The zero-order valence-electron chi connectivity index (χ0n) is 14.0. The van der Waals surface area contributed by atoms with Gasteiger partial charge >= 0.3 is 0 Å². The van der Waals surface area contributed by atoms with Gasteiger partial charge in [0.05, 0.1) is 21.5 Å². The molecule has 0 fully saturated rings. The van der Waals surface area contributed by atoms with Gasteiger partial charge < -0.3 is 15.8 Å². The number of thiophene rings is 1. The van der Waals surface area contributed by atoms with Crippen LogP contribution in [0.4, 0.5) is 30.4 Å². The van der Waals surface area contributed by atoms with Crippen LogP contribution in [-0.2, 0) is 0 Å². The van der Waals surface area contributed by atoms with Crippen LogP contribution in [0.3, 0.4) is 0 Å². The molecule has 0 aliphatic rings. The fourth-order valence-electron chi connectivity index (χ4n) is 2.23. The molecule has 0 saturated carbocycles. The van der Waals surface area contributed by atoms with Gasteiger partial charge in [0.15, 0.2) is 17.5 Å². The number of halogens is 3. The van der Waals surface area contributed by atoms with Crippen molar-refractivity contribution in [2.24, 2.45) is 0 Å². The molecule has 3 rings (SSSR count). The second-order valence-electron chi connectivity index (χ2n) is 5.40. The monoisotopic (exact) mass is 413 g/mol. The number of fused-ring (bicyclic) bond motifs is 1. The second-order valence-corrected chi connectivity index (χ2v) is 7.18. The van der Waals surface area contributed by atoms with Crippen LogP contribution in [0.1, 0.15) is 23.7 Å². The summed E-state index contributed by atoms with van der Waals surface area (Å²) in [4.78, 5) is 20.3. The number of nitrogens with zero attached hydrogens (tertiary/aromatic N) is 2. The highest BCUT2D eigenvalue weighted by Crippen LogP contribution is 2.32. The molecule has 2 heterocycles. The standard InChI is InChI=1S/C16H14F3N5OS2/c1-2-3-27-24-9-4-8(17)10(18)13(11(9)19)23-16(25)7-5-26-14-12(7)21-6-22-15(14)20/h4-6,24H,2-3H2,1H3,(H,23,25)(H2,20,21,22). The molecule has 0 spiro atoms. The molecule has 142 valence electrons. The van der Waals surface area contributed by atoms with Crippen molar-refractivity contribution >= 4 is 56.6 Å². The summed E-state index contributed by atoms with van der Waals surface area (Å²) >= 11 is 2.26. The number of carbonyl (C=O) groups excluding carboxylic acids is 1. The molecule has 0 aliphatic carbocycles. The molecule has 6 nitrogen and oxygen atoms in total. The minimum atomic E-state index is -1.49. The number of anilines is 3. The van der Waals surface area contributed by atoms with Gasteiger partial charge in [-0.3, -0.25) is 4.79 Å². The molecule has 1 aromatic carbocycles. The van der Waals surface area contributed by atoms with E-state index in [2.05, 4.69) is 20.0 Å². The first-order valence-electron chi connectivity index (χ1n) is 7.78. The van der Waals surface area contributed by atoms with E-state index in [1.165, 1.54) is 11.7 Å². The molecule has 0 unspecified atom stereocenters. The summed E-state index contributed by atoms with van der Waals surface area (Å²) in [5.74, 6) is -3.88. The van der Waals surface area contributed by atoms with E-state index in [0.717, 1.165) is 29.7 Å². The number of nitrogens with one attached hydrogen (secondary N) is 2. The van der Waals surface area contributed by atoms with E-state index in [0.29, 0.717) is 16.5 Å². The fourth-order valence-corrected chi connectivity index (χ4v) is 3.74. The summed E-state index contributed by atoms with van der Waals surface area (Å²) in [6.45, 7) is 1.92. The summed E-state index contributed by atoms with van der Waals surface area (Å²) in [5, 5.41) is 3.53. The van der Waals surface area contributed by atoms with Gasteiger partial charge in [0.25, 0.3) is 5.91 Å². The Labute approximate surface area is 160 Å². The quantitative estimate of drug-likeness (QED) is 0.315. The minimum absolute atomic E-state index is 0.0574. The molecule has 1 amide bonds. The van der Waals surface area contributed by atoms with Crippen molar-refractivity contribution in [3.8, 4) is 0 Å². The lowest BCUT2D eigenvalue weighted by molar-refractivity contribution is 0.102. The van der Waals surface area contributed by atoms with Crippen molar-refractivity contribution in [2.75, 3.05) is 21.5 Å². The van der Waals surface area contributed by atoms with Crippen LogP contribution >= 0.6 is 23.3 Å². The van der Waals surface area contributed by atoms with Crippen LogP contribution < -0.4 is 15.8 Å². The Morgan fingerprint density at radius 2 is 2.07 bits per heavy atom. The predicted molar refractivity (Wildman–Crippen MR) is 102 cm³/mol. The molecule has 2 aromatic heterocycles. The summed E-state index contributed by atoms with van der Waals surface area (Å²) in [6.07, 6.45) is 1.99. The molecule has 27 heavy (non-hydrogen) atoms. The van der Waals surface area contributed by atoms with Gasteiger partial charge in [0.2, 0.25) is 0 Å². The number of aromatic nitrogens is 2. The maximum absolute atomic E-state index is 14.6. The average molecular weight is 413 g/mol. The molecule has 0 bridgehead atoms. The first-order chi connectivity index (χ1) is 12.9. The van der Waals surface area contributed by atoms with E-state index in [4.69, 9.17) is 5.73 Å². The summed E-state index contributed by atoms with van der Waals surface area (Å²) in [6, 6.07) is 0.705. The van der Waals surface area contributed by atoms with Gasteiger partial charge in [0.1, 0.15) is 17.8 Å². The molecule has 4 N–H and O–H groups in total. The number of rotatable bonds is 6. The highest BCUT2D eigenvalue weighted by Gasteiger charge is 2.23. The van der Waals surface area contributed by atoms with E-state index >= 15 is 0 Å². The fraction of sp³-hybridized carbons (Fsp3) is 0.188. The van der Waals surface area contributed by atoms with Crippen molar-refractivity contribution < 1.29 is 18.0 Å². The number of carbonyl (C=O) groups is 1. The maximum Gasteiger partial charge on any atom is 0.258 e. The Bertz CT molecular complexity index is 1010. The van der Waals surface area contributed by atoms with Crippen molar-refractivity contribution in [3.63, 3.8) is 0 Å². The number of nitrogen functional groups attached to an aromatic ring is 1. The van der Waals surface area contributed by atoms with Gasteiger partial charge in [-0.15, -0.1) is 11.3 Å². The van der Waals surface area contributed by atoms with Crippen molar-refractivity contribution in [2.45, 2.75) is 13.3 Å². The van der Waals surface area contributed by atoms with Crippen molar-refractivity contribution in [1.82, 2.24) is 9.97 Å². The van der Waals surface area contributed by atoms with Crippen molar-refractivity contribution in [3.05, 3.63) is 40.8 Å². The Morgan fingerprint density at radius 3 is 2.81 bits per heavy atom. The van der Waals surface area contributed by atoms with E-state index < -0.39 is 29.0 Å². The normalized spacial score (nSPS) is 11.0. The molecular weight excluding hydrogens is 399 g/mol. The predicted octanol–water partition coefficient (Wildman–Crippen LogP) is 4.41. The smallest absolute Gasteiger partial charge is 0.258 e. The van der Waals surface area contributed by atoms with Gasteiger partial charge in [-0.1, -0.05) is 18.9 Å². The van der Waals surface area contributed by atoms with Crippen LogP contribution in [0.15, 0.2) is 17.8 Å². The number of amides is 1. The number of hydrogen-bond acceptors (Lipinski definition) is 7. The Kier molecular flexibility index (Phi) is 5.71. The minimum Gasteiger partial charge on any atom is -0.382 e. The summed E-state index contributed by atoms with van der Waals surface area (Å²) in [7, 11) is 0. The SMILES string of the molecule is CCCSNc1cc(F)c(F)c(NC(=O)c2csc3c(N)ncnc23)c1F. The third kappa shape index (κ3) is 3.78. The van der Waals surface area contributed by atoms with E-state index in [1.807, 2.05) is 6.92 Å². The Hall–Kier alpha value is -2.53. The molecule has 0 saturated heterocycles. The highest BCUT2D eigenvalue weighted by molar-refractivity contribution is 8.00. The molecule has 11 heteroatoms. The molecule has 3 aromatic rings. The first-order valence-corrected chi connectivity index (χ1v) is 9.64. The maximum atomic E-state index is 14.6. The molecular formula is C16H14F3N5OS2. The Balaban J connectivity index is 1.94. The highest BCUT2D eigenvalue weighted by atomic mass is 32.2. The van der Waals surface area contributed by atoms with E-state index in [-0.39, 0.29) is 22.6 Å². The van der Waals surface area contributed by atoms with Crippen LogP contribution in [-0.4, -0.2) is 21.6 Å². The van der Waals surface area contributed by atoms with E-state index in [1.54, 1.807) is 0 Å². The zero-order chi connectivity index (χ0) is 19.6. The number of hydrogen-bond donors (Lipinski definition) is 3. The van der Waals surface area contributed by atoms with Crippen LogP contribution in [0.2, 0.25) is 0 Å². The van der Waals surface area contributed by atoms with E-state index in [9.17, 15) is 18.0 Å². The number of benzene rings is 1. The summed E-state index contributed by atoms with van der Waals surface area (Å²) in [5.41, 5.74) is 4.89. The summed E-state index contributed by atoms with van der Waals surface area (Å²) < 4.78 is 45.6. The van der Waals surface area contributed by atoms with Gasteiger partial charge in [-0.25, -0.2) is 23.1 Å². The average Bonchev–Trinajstić information content (AvgIpc) is 3.08. The lowest BCUT2D eigenvalue weighted by atomic mass is 10.2. The zero-order valence-corrected chi connectivity index (χ0v) is 15.6. The molecule has 0 atom stereocenters. The molecule has 0 aliphatic heterocycles. The third-order valence-electron chi connectivity index (χ3n) is 3.51.